The van der Waals surface area contributed by atoms with Gasteiger partial charge in [-0.25, -0.2) is 9.18 Å². The van der Waals surface area contributed by atoms with Crippen LogP contribution in [0, 0.1) is 5.82 Å². The predicted octanol–water partition coefficient (Wildman–Crippen LogP) is 2.45. The molecular weight excluding hydrogens is 339 g/mol. The van der Waals surface area contributed by atoms with Crippen LogP contribution in [0.4, 0.5) is 4.39 Å². The number of aromatic carboxylic acids is 1. The van der Waals surface area contributed by atoms with Crippen LogP contribution in [-0.2, 0) is 20.1 Å². The summed E-state index contributed by atoms with van der Waals surface area (Å²) in [5.74, 6) is -2.99. The maximum atomic E-state index is 13.8. The maximum Gasteiger partial charge on any atom is 0.338 e. The van der Waals surface area contributed by atoms with E-state index in [1.165, 1.54) is 12.1 Å². The van der Waals surface area contributed by atoms with Crippen LogP contribution in [0.25, 0.3) is 0 Å². The van der Waals surface area contributed by atoms with Gasteiger partial charge in [0.15, 0.2) is 11.6 Å². The van der Waals surface area contributed by atoms with Crippen molar-refractivity contribution in [1.82, 2.24) is 0 Å². The molecular formula is C16H15FO6S. The standard InChI is InChI=1S/C16H15FO6S/c17-15-13(16(18)19)7-4-8-14(15)22-9-10-23-24(20,21)11-12-5-2-1-3-6-12/h1-8H,9-11H2,(H,18,19). The molecule has 0 fully saturated rings. The van der Waals surface area contributed by atoms with E-state index in [0.29, 0.717) is 5.56 Å². The van der Waals surface area contributed by atoms with E-state index in [1.807, 2.05) is 0 Å². The van der Waals surface area contributed by atoms with Gasteiger partial charge < -0.3 is 9.84 Å². The summed E-state index contributed by atoms with van der Waals surface area (Å²) in [4.78, 5) is 10.8. The van der Waals surface area contributed by atoms with Crippen LogP contribution in [-0.4, -0.2) is 32.7 Å². The lowest BCUT2D eigenvalue weighted by molar-refractivity contribution is 0.0690. The van der Waals surface area contributed by atoms with Gasteiger partial charge in [0.1, 0.15) is 19.0 Å². The maximum absolute atomic E-state index is 13.8. The minimum Gasteiger partial charge on any atom is -0.488 e. The fourth-order valence-corrected chi connectivity index (χ4v) is 2.93. The van der Waals surface area contributed by atoms with Gasteiger partial charge in [0.2, 0.25) is 0 Å². The van der Waals surface area contributed by atoms with Crippen molar-refractivity contribution in [3.8, 4) is 5.75 Å². The number of carboxylic acid groups (broad SMARTS) is 1. The monoisotopic (exact) mass is 354 g/mol. The molecule has 0 aromatic heterocycles. The third-order valence-corrected chi connectivity index (χ3v) is 4.20. The van der Waals surface area contributed by atoms with E-state index in [9.17, 15) is 17.6 Å². The summed E-state index contributed by atoms with van der Waals surface area (Å²) >= 11 is 0. The van der Waals surface area contributed by atoms with E-state index in [2.05, 4.69) is 0 Å². The molecule has 2 aromatic carbocycles. The molecule has 8 heteroatoms. The van der Waals surface area contributed by atoms with Crippen molar-refractivity contribution in [2.24, 2.45) is 0 Å². The fraction of sp³-hybridized carbons (Fsp3) is 0.188. The van der Waals surface area contributed by atoms with E-state index < -0.39 is 27.5 Å². The number of rotatable bonds is 8. The number of benzene rings is 2. The van der Waals surface area contributed by atoms with E-state index in [4.69, 9.17) is 14.0 Å². The zero-order chi connectivity index (χ0) is 17.6. The predicted molar refractivity (Wildman–Crippen MR) is 83.9 cm³/mol. The Labute approximate surface area is 138 Å². The third-order valence-electron chi connectivity index (χ3n) is 2.98. The highest BCUT2D eigenvalue weighted by molar-refractivity contribution is 7.85. The highest BCUT2D eigenvalue weighted by Gasteiger charge is 2.16. The first-order chi connectivity index (χ1) is 11.4. The van der Waals surface area contributed by atoms with Gasteiger partial charge in [-0.15, -0.1) is 0 Å². The Morgan fingerprint density at radius 3 is 2.42 bits per heavy atom. The largest absolute Gasteiger partial charge is 0.488 e. The van der Waals surface area contributed by atoms with Gasteiger partial charge in [-0.2, -0.15) is 8.42 Å². The second-order valence-corrected chi connectivity index (χ2v) is 6.42. The van der Waals surface area contributed by atoms with E-state index >= 15 is 0 Å². The summed E-state index contributed by atoms with van der Waals surface area (Å²) in [6.45, 7) is -0.556. The van der Waals surface area contributed by atoms with Crippen molar-refractivity contribution in [3.05, 3.63) is 65.5 Å². The summed E-state index contributed by atoms with van der Waals surface area (Å²) in [6.07, 6.45) is 0. The molecule has 0 unspecified atom stereocenters. The van der Waals surface area contributed by atoms with Gasteiger partial charge in [0.05, 0.1) is 5.56 Å². The van der Waals surface area contributed by atoms with E-state index in [0.717, 1.165) is 6.07 Å². The Kier molecular flexibility index (Phi) is 5.88. The van der Waals surface area contributed by atoms with Crippen LogP contribution < -0.4 is 4.74 Å². The smallest absolute Gasteiger partial charge is 0.338 e. The lowest BCUT2D eigenvalue weighted by atomic mass is 10.2. The van der Waals surface area contributed by atoms with Crippen LogP contribution in [0.3, 0.4) is 0 Å². The Balaban J connectivity index is 1.87. The highest BCUT2D eigenvalue weighted by atomic mass is 32.2. The van der Waals surface area contributed by atoms with Gasteiger partial charge in [0.25, 0.3) is 10.1 Å². The molecule has 0 bridgehead atoms. The topological polar surface area (TPSA) is 89.9 Å². The first-order valence-electron chi connectivity index (χ1n) is 6.95. The molecule has 0 radical (unpaired) electrons. The molecule has 0 amide bonds. The van der Waals surface area contributed by atoms with Crippen molar-refractivity contribution in [2.45, 2.75) is 5.75 Å². The molecule has 0 atom stereocenters. The molecule has 6 nitrogen and oxygen atoms in total. The van der Waals surface area contributed by atoms with Crippen LogP contribution in [0.2, 0.25) is 0 Å². The van der Waals surface area contributed by atoms with Crippen LogP contribution in [0.15, 0.2) is 48.5 Å². The van der Waals surface area contributed by atoms with Crippen molar-refractivity contribution in [3.63, 3.8) is 0 Å². The molecule has 24 heavy (non-hydrogen) atoms. The number of halogens is 1. The average molecular weight is 354 g/mol. The summed E-state index contributed by atoms with van der Waals surface area (Å²) < 4.78 is 47.2. The number of carboxylic acids is 1. The molecule has 0 aliphatic rings. The molecule has 1 N–H and O–H groups in total. The van der Waals surface area contributed by atoms with Crippen LogP contribution >= 0.6 is 0 Å². The number of hydrogen-bond acceptors (Lipinski definition) is 5. The Morgan fingerprint density at radius 2 is 1.75 bits per heavy atom. The zero-order valence-corrected chi connectivity index (χ0v) is 13.3. The number of ether oxygens (including phenoxy) is 1. The molecule has 0 aliphatic carbocycles. The quantitative estimate of drug-likeness (QED) is 0.578. The van der Waals surface area contributed by atoms with E-state index in [1.54, 1.807) is 30.3 Å². The summed E-state index contributed by atoms with van der Waals surface area (Å²) in [5.41, 5.74) is 0.0590. The van der Waals surface area contributed by atoms with Gasteiger partial charge in [-0.05, 0) is 17.7 Å². The van der Waals surface area contributed by atoms with Crippen molar-refractivity contribution in [2.75, 3.05) is 13.2 Å². The van der Waals surface area contributed by atoms with Gasteiger partial charge in [-0.3, -0.25) is 4.18 Å². The molecule has 0 aliphatic heterocycles. The molecule has 0 saturated carbocycles. The fourth-order valence-electron chi connectivity index (χ4n) is 1.92. The number of carbonyl (C=O) groups is 1. The molecule has 0 spiro atoms. The second kappa shape index (κ2) is 7.89. The minimum absolute atomic E-state index is 0.242. The highest BCUT2D eigenvalue weighted by Crippen LogP contribution is 2.20. The van der Waals surface area contributed by atoms with Crippen LogP contribution in [0.1, 0.15) is 15.9 Å². The normalized spacial score (nSPS) is 11.2. The molecule has 2 aromatic rings. The zero-order valence-electron chi connectivity index (χ0n) is 12.5. The first-order valence-corrected chi connectivity index (χ1v) is 8.52. The van der Waals surface area contributed by atoms with Gasteiger partial charge >= 0.3 is 5.97 Å². The third kappa shape index (κ3) is 5.04. The summed E-state index contributed by atoms with van der Waals surface area (Å²) in [6, 6.07) is 12.2. The lowest BCUT2D eigenvalue weighted by Gasteiger charge is -2.09. The Bertz CT molecular complexity index is 805. The molecule has 0 heterocycles. The minimum atomic E-state index is -3.79. The number of hydrogen-bond donors (Lipinski definition) is 1. The second-order valence-electron chi connectivity index (χ2n) is 4.78. The van der Waals surface area contributed by atoms with Crippen molar-refractivity contribution < 1.29 is 31.6 Å². The van der Waals surface area contributed by atoms with Gasteiger partial charge in [0, 0.05) is 0 Å². The lowest BCUT2D eigenvalue weighted by Crippen LogP contribution is -2.15. The first kappa shape index (κ1) is 17.9. The Morgan fingerprint density at radius 1 is 1.04 bits per heavy atom. The SMILES string of the molecule is O=C(O)c1cccc(OCCOS(=O)(=O)Cc2ccccc2)c1F. The van der Waals surface area contributed by atoms with Crippen molar-refractivity contribution >= 4 is 16.1 Å². The Hall–Kier alpha value is -2.45. The van der Waals surface area contributed by atoms with E-state index in [-0.39, 0.29) is 24.7 Å². The van der Waals surface area contributed by atoms with Crippen molar-refractivity contribution in [1.29, 1.82) is 0 Å². The van der Waals surface area contributed by atoms with Crippen LogP contribution in [0.5, 0.6) is 5.75 Å². The molecule has 128 valence electrons. The summed E-state index contributed by atoms with van der Waals surface area (Å²) in [5, 5.41) is 8.81. The molecule has 2 rings (SSSR count). The van der Waals surface area contributed by atoms with Gasteiger partial charge in [-0.1, -0.05) is 36.4 Å². The summed E-state index contributed by atoms with van der Waals surface area (Å²) in [7, 11) is -3.79. The average Bonchev–Trinajstić information content (AvgIpc) is 2.53. The molecule has 0 saturated heterocycles.